The van der Waals surface area contributed by atoms with Crippen LogP contribution in [0.5, 0.6) is 5.88 Å². The lowest BCUT2D eigenvalue weighted by Crippen LogP contribution is -2.55. The molecule has 2 aliphatic heterocycles. The van der Waals surface area contributed by atoms with Crippen molar-refractivity contribution in [3.63, 3.8) is 0 Å². The molecule has 0 aromatic carbocycles. The van der Waals surface area contributed by atoms with Gasteiger partial charge < -0.3 is 15.4 Å². The summed E-state index contributed by atoms with van der Waals surface area (Å²) in [6, 6.07) is 1.05. The van der Waals surface area contributed by atoms with Crippen molar-refractivity contribution in [2.45, 2.75) is 38.8 Å². The standard InChI is InChI=1S/C14H23N5O/c1-3-20-14-12(15)13(16-9-17-14)19-8-11-5-4-6-18(11)7-10(19)2/h9-11H,3-8,15H2,1-2H3. The van der Waals surface area contributed by atoms with Crippen molar-refractivity contribution in [1.29, 1.82) is 0 Å². The monoisotopic (exact) mass is 277 g/mol. The number of ether oxygens (including phenoxy) is 1. The fourth-order valence-corrected chi connectivity index (χ4v) is 3.33. The molecule has 2 saturated heterocycles. The topological polar surface area (TPSA) is 67.5 Å². The van der Waals surface area contributed by atoms with Crippen LogP contribution in [0.4, 0.5) is 11.5 Å². The summed E-state index contributed by atoms with van der Waals surface area (Å²) in [6.07, 6.45) is 4.12. The predicted molar refractivity (Wildman–Crippen MR) is 79.0 cm³/mol. The summed E-state index contributed by atoms with van der Waals surface area (Å²) in [6.45, 7) is 8.03. The summed E-state index contributed by atoms with van der Waals surface area (Å²) >= 11 is 0. The average molecular weight is 277 g/mol. The van der Waals surface area contributed by atoms with Crippen LogP contribution in [-0.4, -0.2) is 53.2 Å². The van der Waals surface area contributed by atoms with Gasteiger partial charge in [0.15, 0.2) is 5.82 Å². The Hall–Kier alpha value is -1.56. The Morgan fingerprint density at radius 1 is 1.40 bits per heavy atom. The van der Waals surface area contributed by atoms with Crippen LogP contribution < -0.4 is 15.4 Å². The van der Waals surface area contributed by atoms with Crippen LogP contribution in [0.1, 0.15) is 26.7 Å². The summed E-state index contributed by atoms with van der Waals surface area (Å²) in [4.78, 5) is 13.4. The van der Waals surface area contributed by atoms with E-state index in [9.17, 15) is 0 Å². The van der Waals surface area contributed by atoms with Crippen LogP contribution in [0.3, 0.4) is 0 Å². The maximum Gasteiger partial charge on any atom is 0.242 e. The Balaban J connectivity index is 1.86. The first-order valence-corrected chi connectivity index (χ1v) is 7.44. The largest absolute Gasteiger partial charge is 0.476 e. The van der Waals surface area contributed by atoms with Crippen molar-refractivity contribution < 1.29 is 4.74 Å². The highest BCUT2D eigenvalue weighted by Crippen LogP contribution is 2.33. The molecule has 2 atom stereocenters. The molecule has 0 aliphatic carbocycles. The van der Waals surface area contributed by atoms with E-state index >= 15 is 0 Å². The smallest absolute Gasteiger partial charge is 0.242 e. The molecular weight excluding hydrogens is 254 g/mol. The molecular formula is C14H23N5O. The minimum absolute atomic E-state index is 0.413. The highest BCUT2D eigenvalue weighted by Gasteiger charge is 2.35. The SMILES string of the molecule is CCOc1ncnc(N2CC3CCCN3CC2C)c1N. The molecule has 0 amide bonds. The zero-order chi connectivity index (χ0) is 14.1. The van der Waals surface area contributed by atoms with E-state index in [1.54, 1.807) is 6.33 Å². The number of anilines is 2. The van der Waals surface area contributed by atoms with Gasteiger partial charge in [0.05, 0.1) is 6.61 Å². The molecule has 110 valence electrons. The van der Waals surface area contributed by atoms with Crippen molar-refractivity contribution in [2.75, 3.05) is 36.9 Å². The Morgan fingerprint density at radius 2 is 2.25 bits per heavy atom. The van der Waals surface area contributed by atoms with Gasteiger partial charge in [0.25, 0.3) is 0 Å². The van der Waals surface area contributed by atoms with Crippen LogP contribution in [0.25, 0.3) is 0 Å². The van der Waals surface area contributed by atoms with E-state index in [2.05, 4.69) is 26.7 Å². The number of nitrogens with two attached hydrogens (primary N) is 1. The van der Waals surface area contributed by atoms with Gasteiger partial charge in [-0.2, -0.15) is 4.98 Å². The van der Waals surface area contributed by atoms with Gasteiger partial charge in [-0.3, -0.25) is 4.90 Å². The first kappa shape index (κ1) is 13.4. The van der Waals surface area contributed by atoms with Crippen molar-refractivity contribution in [3.8, 4) is 5.88 Å². The summed E-state index contributed by atoms with van der Waals surface area (Å²) in [5.74, 6) is 1.32. The summed E-state index contributed by atoms with van der Waals surface area (Å²) in [5, 5.41) is 0. The van der Waals surface area contributed by atoms with E-state index in [0.29, 0.717) is 30.3 Å². The third-order valence-corrected chi connectivity index (χ3v) is 4.32. The van der Waals surface area contributed by atoms with E-state index in [4.69, 9.17) is 10.5 Å². The number of aromatic nitrogens is 2. The van der Waals surface area contributed by atoms with Crippen LogP contribution >= 0.6 is 0 Å². The average Bonchev–Trinajstić information content (AvgIpc) is 2.88. The lowest BCUT2D eigenvalue weighted by Gasteiger charge is -2.43. The first-order chi connectivity index (χ1) is 9.70. The second kappa shape index (κ2) is 5.44. The zero-order valence-electron chi connectivity index (χ0n) is 12.2. The fourth-order valence-electron chi connectivity index (χ4n) is 3.33. The number of piperazine rings is 1. The Bertz CT molecular complexity index is 481. The molecule has 1 aromatic rings. The summed E-state index contributed by atoms with van der Waals surface area (Å²) < 4.78 is 5.48. The van der Waals surface area contributed by atoms with Crippen molar-refractivity contribution in [3.05, 3.63) is 6.33 Å². The highest BCUT2D eigenvalue weighted by atomic mass is 16.5. The maximum absolute atomic E-state index is 6.19. The molecule has 6 nitrogen and oxygen atoms in total. The molecule has 6 heteroatoms. The molecule has 0 spiro atoms. The molecule has 2 aliphatic rings. The number of hydrogen-bond acceptors (Lipinski definition) is 6. The van der Waals surface area contributed by atoms with E-state index < -0.39 is 0 Å². The minimum Gasteiger partial charge on any atom is -0.476 e. The molecule has 3 rings (SSSR count). The number of rotatable bonds is 3. The predicted octanol–water partition coefficient (Wildman–Crippen LogP) is 1.13. The normalized spacial score (nSPS) is 26.6. The van der Waals surface area contributed by atoms with Gasteiger partial charge in [-0.15, -0.1) is 0 Å². The maximum atomic E-state index is 6.19. The number of nitrogens with zero attached hydrogens (tertiary/aromatic N) is 4. The third kappa shape index (κ3) is 2.28. The molecule has 0 saturated carbocycles. The van der Waals surface area contributed by atoms with Gasteiger partial charge in [-0.05, 0) is 33.2 Å². The van der Waals surface area contributed by atoms with E-state index in [0.717, 1.165) is 18.9 Å². The van der Waals surface area contributed by atoms with E-state index in [-0.39, 0.29) is 0 Å². The van der Waals surface area contributed by atoms with Gasteiger partial charge in [0, 0.05) is 25.2 Å². The lowest BCUT2D eigenvalue weighted by molar-refractivity contribution is 0.202. The number of fused-ring (bicyclic) bond motifs is 1. The van der Waals surface area contributed by atoms with Crippen molar-refractivity contribution in [2.24, 2.45) is 0 Å². The van der Waals surface area contributed by atoms with Gasteiger partial charge in [-0.25, -0.2) is 4.98 Å². The Kier molecular flexibility index (Phi) is 3.65. The van der Waals surface area contributed by atoms with Crippen LogP contribution in [0.15, 0.2) is 6.33 Å². The number of hydrogen-bond donors (Lipinski definition) is 1. The molecule has 0 bridgehead atoms. The van der Waals surface area contributed by atoms with Crippen LogP contribution in [0, 0.1) is 0 Å². The van der Waals surface area contributed by atoms with Crippen molar-refractivity contribution in [1.82, 2.24) is 14.9 Å². The van der Waals surface area contributed by atoms with E-state index in [1.807, 2.05) is 6.92 Å². The Morgan fingerprint density at radius 3 is 3.05 bits per heavy atom. The molecule has 2 N–H and O–H groups in total. The lowest BCUT2D eigenvalue weighted by atomic mass is 10.1. The molecule has 1 aromatic heterocycles. The molecule has 3 heterocycles. The number of nitrogen functional groups attached to an aromatic ring is 1. The zero-order valence-corrected chi connectivity index (χ0v) is 12.2. The van der Waals surface area contributed by atoms with Crippen LogP contribution in [0.2, 0.25) is 0 Å². The fraction of sp³-hybridized carbons (Fsp3) is 0.714. The molecule has 0 radical (unpaired) electrons. The van der Waals surface area contributed by atoms with E-state index in [1.165, 1.54) is 19.4 Å². The van der Waals surface area contributed by atoms with Crippen molar-refractivity contribution >= 4 is 11.5 Å². The Labute approximate surface area is 119 Å². The van der Waals surface area contributed by atoms with Gasteiger partial charge in [0.2, 0.25) is 5.88 Å². The highest BCUT2D eigenvalue weighted by molar-refractivity contribution is 5.68. The quantitative estimate of drug-likeness (QED) is 0.893. The third-order valence-electron chi connectivity index (χ3n) is 4.32. The van der Waals surface area contributed by atoms with Crippen LogP contribution in [-0.2, 0) is 0 Å². The molecule has 2 fully saturated rings. The minimum atomic E-state index is 0.413. The van der Waals surface area contributed by atoms with Gasteiger partial charge in [-0.1, -0.05) is 0 Å². The summed E-state index contributed by atoms with van der Waals surface area (Å²) in [5.41, 5.74) is 6.76. The van der Waals surface area contributed by atoms with Gasteiger partial charge >= 0.3 is 0 Å². The second-order valence-electron chi connectivity index (χ2n) is 5.64. The second-order valence-corrected chi connectivity index (χ2v) is 5.64. The molecule has 20 heavy (non-hydrogen) atoms. The first-order valence-electron chi connectivity index (χ1n) is 7.44. The van der Waals surface area contributed by atoms with Gasteiger partial charge in [0.1, 0.15) is 12.0 Å². The molecule has 2 unspecified atom stereocenters. The summed E-state index contributed by atoms with van der Waals surface area (Å²) in [7, 11) is 0.